The predicted octanol–water partition coefficient (Wildman–Crippen LogP) is 3.38. The van der Waals surface area contributed by atoms with E-state index in [4.69, 9.17) is 0 Å². The summed E-state index contributed by atoms with van der Waals surface area (Å²) in [6, 6.07) is 12.2. The summed E-state index contributed by atoms with van der Waals surface area (Å²) in [5.41, 5.74) is 4.01. The average Bonchev–Trinajstić information content (AvgIpc) is 3.17. The Morgan fingerprint density at radius 2 is 1.93 bits per heavy atom. The number of aryl methyl sites for hydroxylation is 3. The Kier molecular flexibility index (Phi) is 6.46. The van der Waals surface area contributed by atoms with Crippen LogP contribution >= 0.6 is 0 Å². The van der Waals surface area contributed by atoms with E-state index in [1.165, 1.54) is 4.31 Å². The Morgan fingerprint density at radius 1 is 1.21 bits per heavy atom. The number of aromatic nitrogens is 2. The molecule has 1 unspecified atom stereocenters. The number of hydrogen-bond acceptors (Lipinski definition) is 4. The van der Waals surface area contributed by atoms with Crippen LogP contribution in [0.5, 0.6) is 0 Å². The summed E-state index contributed by atoms with van der Waals surface area (Å²) in [7, 11) is 0. The van der Waals surface area contributed by atoms with Crippen LogP contribution in [0.4, 0.5) is 11.4 Å². The van der Waals surface area contributed by atoms with Crippen LogP contribution in [0.2, 0.25) is 0 Å². The van der Waals surface area contributed by atoms with E-state index in [2.05, 4.69) is 10.4 Å². The quantitative estimate of drug-likeness (QED) is 0.604. The summed E-state index contributed by atoms with van der Waals surface area (Å²) in [5, 5.41) is 7.03. The summed E-state index contributed by atoms with van der Waals surface area (Å²) in [6.45, 7) is 6.84. The number of nitrogens with zero attached hydrogens (tertiary/aromatic N) is 3. The SMILES string of the molecule is CCn1cc(CNC(=O)c2ccc(C)c(N(c3ccc(C)cc3)S(=O)[O-])c2)cn1. The second kappa shape index (κ2) is 9.02. The van der Waals surface area contributed by atoms with Crippen LogP contribution in [-0.2, 0) is 24.4 Å². The topological polar surface area (TPSA) is 90.3 Å². The molecule has 29 heavy (non-hydrogen) atoms. The molecule has 0 spiro atoms. The van der Waals surface area contributed by atoms with Crippen LogP contribution in [0, 0.1) is 13.8 Å². The van der Waals surface area contributed by atoms with Crippen molar-refractivity contribution in [3.63, 3.8) is 0 Å². The van der Waals surface area contributed by atoms with E-state index in [1.54, 1.807) is 41.2 Å². The standard InChI is InChI=1S/C21H24N4O3S/c1-4-24-14-17(13-23-24)12-22-21(26)18-8-7-16(3)20(11-18)25(29(27)28)19-9-5-15(2)6-10-19/h5-11,13-14H,4,12H2,1-3H3,(H,22,26)(H,27,28)/p-1. The van der Waals surface area contributed by atoms with Crippen molar-refractivity contribution in [1.82, 2.24) is 15.1 Å². The second-order valence-electron chi connectivity index (χ2n) is 6.74. The van der Waals surface area contributed by atoms with Crippen molar-refractivity contribution in [3.8, 4) is 0 Å². The summed E-state index contributed by atoms with van der Waals surface area (Å²) in [6.07, 6.45) is 3.59. The molecule has 2 aromatic carbocycles. The number of nitrogens with one attached hydrogen (secondary N) is 1. The lowest BCUT2D eigenvalue weighted by Gasteiger charge is -2.28. The first-order valence-corrected chi connectivity index (χ1v) is 10.3. The van der Waals surface area contributed by atoms with Crippen LogP contribution < -0.4 is 9.62 Å². The molecule has 1 heterocycles. The Balaban J connectivity index is 1.84. The fourth-order valence-electron chi connectivity index (χ4n) is 2.91. The van der Waals surface area contributed by atoms with Crippen LogP contribution in [0.3, 0.4) is 0 Å². The van der Waals surface area contributed by atoms with E-state index in [1.807, 2.05) is 39.1 Å². The van der Waals surface area contributed by atoms with E-state index in [0.29, 0.717) is 23.5 Å². The molecule has 0 aliphatic carbocycles. The molecule has 0 aliphatic rings. The zero-order chi connectivity index (χ0) is 21.0. The fraction of sp³-hybridized carbons (Fsp3) is 0.238. The molecular formula is C21H23N4O3S-. The third-order valence-electron chi connectivity index (χ3n) is 4.57. The summed E-state index contributed by atoms with van der Waals surface area (Å²) >= 11 is -2.53. The van der Waals surface area contributed by atoms with Gasteiger partial charge in [0.1, 0.15) is 0 Å². The zero-order valence-corrected chi connectivity index (χ0v) is 17.4. The Hall–Kier alpha value is -2.97. The lowest BCUT2D eigenvalue weighted by atomic mass is 10.1. The van der Waals surface area contributed by atoms with Gasteiger partial charge in [0.25, 0.3) is 5.91 Å². The van der Waals surface area contributed by atoms with Gasteiger partial charge in [-0.3, -0.25) is 18.0 Å². The minimum absolute atomic E-state index is 0.281. The summed E-state index contributed by atoms with van der Waals surface area (Å²) < 4.78 is 26.9. The molecular weight excluding hydrogens is 388 g/mol. The van der Waals surface area contributed by atoms with Gasteiger partial charge in [0.2, 0.25) is 0 Å². The molecule has 0 saturated heterocycles. The molecule has 0 fully saturated rings. The number of carbonyl (C=O) groups excluding carboxylic acids is 1. The number of rotatable bonds is 7. The minimum Gasteiger partial charge on any atom is -0.755 e. The lowest BCUT2D eigenvalue weighted by molar-refractivity contribution is 0.0951. The molecule has 1 aromatic heterocycles. The van der Waals surface area contributed by atoms with Gasteiger partial charge in [0.05, 0.1) is 28.8 Å². The van der Waals surface area contributed by atoms with Crippen molar-refractivity contribution < 1.29 is 13.6 Å². The van der Waals surface area contributed by atoms with Crippen LogP contribution in [0.25, 0.3) is 0 Å². The van der Waals surface area contributed by atoms with Crippen molar-refractivity contribution in [2.75, 3.05) is 4.31 Å². The van der Waals surface area contributed by atoms with E-state index >= 15 is 0 Å². The smallest absolute Gasteiger partial charge is 0.251 e. The number of hydrogen-bond donors (Lipinski definition) is 1. The minimum atomic E-state index is -2.53. The van der Waals surface area contributed by atoms with Gasteiger partial charge in [-0.05, 0) is 50.6 Å². The molecule has 0 aliphatic heterocycles. The fourth-order valence-corrected chi connectivity index (χ4v) is 3.56. The zero-order valence-electron chi connectivity index (χ0n) is 16.6. The maximum Gasteiger partial charge on any atom is 0.251 e. The molecule has 0 radical (unpaired) electrons. The van der Waals surface area contributed by atoms with Gasteiger partial charge in [0, 0.05) is 30.4 Å². The molecule has 0 bridgehead atoms. The molecule has 1 amide bonds. The van der Waals surface area contributed by atoms with E-state index < -0.39 is 11.3 Å². The summed E-state index contributed by atoms with van der Waals surface area (Å²) in [5.74, 6) is -0.281. The van der Waals surface area contributed by atoms with Crippen molar-refractivity contribution in [1.29, 1.82) is 0 Å². The van der Waals surface area contributed by atoms with Crippen molar-refractivity contribution in [2.45, 2.75) is 33.9 Å². The number of benzene rings is 2. The normalized spacial score (nSPS) is 11.9. The van der Waals surface area contributed by atoms with Crippen LogP contribution in [-0.4, -0.2) is 24.4 Å². The first kappa shape index (κ1) is 20.8. The number of carbonyl (C=O) groups is 1. The van der Waals surface area contributed by atoms with Crippen molar-refractivity contribution in [3.05, 3.63) is 77.1 Å². The van der Waals surface area contributed by atoms with E-state index in [-0.39, 0.29) is 5.91 Å². The molecule has 1 N–H and O–H groups in total. The molecule has 1 atom stereocenters. The van der Waals surface area contributed by atoms with Crippen LogP contribution in [0.15, 0.2) is 54.9 Å². The molecule has 3 rings (SSSR count). The van der Waals surface area contributed by atoms with Crippen molar-refractivity contribution >= 4 is 28.5 Å². The predicted molar refractivity (Wildman–Crippen MR) is 112 cm³/mol. The largest absolute Gasteiger partial charge is 0.755 e. The average molecular weight is 412 g/mol. The Morgan fingerprint density at radius 3 is 2.55 bits per heavy atom. The highest BCUT2D eigenvalue weighted by molar-refractivity contribution is 7.81. The molecule has 152 valence electrons. The van der Waals surface area contributed by atoms with Crippen molar-refractivity contribution in [2.24, 2.45) is 0 Å². The van der Waals surface area contributed by atoms with Gasteiger partial charge in [0.15, 0.2) is 0 Å². The van der Waals surface area contributed by atoms with E-state index in [9.17, 15) is 13.6 Å². The second-order valence-corrected chi connectivity index (χ2v) is 7.53. The van der Waals surface area contributed by atoms with Gasteiger partial charge in [-0.2, -0.15) is 5.10 Å². The molecule has 0 saturated carbocycles. The monoisotopic (exact) mass is 411 g/mol. The third kappa shape index (κ3) is 4.90. The highest BCUT2D eigenvalue weighted by Crippen LogP contribution is 2.30. The van der Waals surface area contributed by atoms with Gasteiger partial charge < -0.3 is 9.87 Å². The highest BCUT2D eigenvalue weighted by atomic mass is 32.2. The molecule has 7 nitrogen and oxygen atoms in total. The van der Waals surface area contributed by atoms with E-state index in [0.717, 1.165) is 23.2 Å². The van der Waals surface area contributed by atoms with Gasteiger partial charge in [-0.25, -0.2) is 0 Å². The van der Waals surface area contributed by atoms with Gasteiger partial charge >= 0.3 is 0 Å². The lowest BCUT2D eigenvalue weighted by Crippen LogP contribution is -2.24. The summed E-state index contributed by atoms with van der Waals surface area (Å²) in [4.78, 5) is 12.6. The van der Waals surface area contributed by atoms with Crippen LogP contribution in [0.1, 0.15) is 34.0 Å². The maximum absolute atomic E-state index is 12.6. The van der Waals surface area contributed by atoms with Gasteiger partial charge in [-0.1, -0.05) is 23.8 Å². The number of anilines is 2. The molecule has 3 aromatic rings. The third-order valence-corrected chi connectivity index (χ3v) is 5.28. The Bertz CT molecular complexity index is 1030. The first-order valence-electron chi connectivity index (χ1n) is 9.25. The number of amides is 1. The Labute approximate surface area is 172 Å². The first-order chi connectivity index (χ1) is 13.9. The maximum atomic E-state index is 12.6. The molecule has 8 heteroatoms. The van der Waals surface area contributed by atoms with Gasteiger partial charge in [-0.15, -0.1) is 0 Å². The highest BCUT2D eigenvalue weighted by Gasteiger charge is 2.16.